The third kappa shape index (κ3) is 2.54. The van der Waals surface area contributed by atoms with E-state index in [9.17, 15) is 9.59 Å². The van der Waals surface area contributed by atoms with Gasteiger partial charge < -0.3 is 5.11 Å². The van der Waals surface area contributed by atoms with E-state index in [2.05, 4.69) is 4.98 Å². The Bertz CT molecular complexity index is 515. The molecule has 0 saturated heterocycles. The van der Waals surface area contributed by atoms with Crippen LogP contribution in [0.3, 0.4) is 0 Å². The number of aromatic nitrogens is 2. The molecule has 1 aromatic heterocycles. The van der Waals surface area contributed by atoms with Crippen LogP contribution in [0.2, 0.25) is 0 Å². The van der Waals surface area contributed by atoms with Crippen LogP contribution >= 0.6 is 0 Å². The highest BCUT2D eigenvalue weighted by Gasteiger charge is 2.24. The maximum absolute atomic E-state index is 11.8. The average molecular weight is 236 g/mol. The Morgan fingerprint density at radius 1 is 1.47 bits per heavy atom. The molecule has 0 amide bonds. The molecule has 0 aliphatic heterocycles. The molecule has 92 valence electrons. The first-order valence-corrected chi connectivity index (χ1v) is 5.77. The highest BCUT2D eigenvalue weighted by molar-refractivity contribution is 5.70. The smallest absolute Gasteiger partial charge is 0.347 e. The van der Waals surface area contributed by atoms with E-state index >= 15 is 0 Å². The molecule has 0 aromatic carbocycles. The van der Waals surface area contributed by atoms with Crippen molar-refractivity contribution < 1.29 is 9.90 Å². The van der Waals surface area contributed by atoms with Gasteiger partial charge in [-0.1, -0.05) is 0 Å². The second-order valence-electron chi connectivity index (χ2n) is 4.67. The normalized spacial score (nSPS) is 14.9. The molecule has 0 bridgehead atoms. The van der Waals surface area contributed by atoms with E-state index in [1.54, 1.807) is 18.4 Å². The van der Waals surface area contributed by atoms with Crippen LogP contribution in [0.15, 0.2) is 4.79 Å². The van der Waals surface area contributed by atoms with Crippen LogP contribution in [0.1, 0.15) is 29.8 Å². The van der Waals surface area contributed by atoms with Crippen molar-refractivity contribution in [3.05, 3.63) is 27.4 Å². The standard InChI is InChI=1S/C12H16N2O3/c1-7-10(5-11(15)16)8(2)14(12(17)13-7)6-9-3-4-9/h9H,3-6H2,1-2H3,(H,15,16). The summed E-state index contributed by atoms with van der Waals surface area (Å²) >= 11 is 0. The van der Waals surface area contributed by atoms with Crippen LogP contribution in [0, 0.1) is 19.8 Å². The first-order valence-electron chi connectivity index (χ1n) is 5.77. The maximum atomic E-state index is 11.8. The summed E-state index contributed by atoms with van der Waals surface area (Å²) in [5, 5.41) is 8.86. The Morgan fingerprint density at radius 3 is 2.65 bits per heavy atom. The number of hydrogen-bond acceptors (Lipinski definition) is 3. The predicted molar refractivity (Wildman–Crippen MR) is 62.0 cm³/mol. The zero-order chi connectivity index (χ0) is 12.6. The Balaban J connectivity index is 2.43. The van der Waals surface area contributed by atoms with Gasteiger partial charge in [-0.3, -0.25) is 9.36 Å². The number of nitrogens with zero attached hydrogens (tertiary/aromatic N) is 2. The van der Waals surface area contributed by atoms with E-state index in [4.69, 9.17) is 5.11 Å². The molecular weight excluding hydrogens is 220 g/mol. The fourth-order valence-corrected chi connectivity index (χ4v) is 2.02. The van der Waals surface area contributed by atoms with Gasteiger partial charge in [-0.05, 0) is 32.6 Å². The quantitative estimate of drug-likeness (QED) is 0.843. The lowest BCUT2D eigenvalue weighted by Crippen LogP contribution is -2.29. The summed E-state index contributed by atoms with van der Waals surface area (Å²) < 4.78 is 1.61. The molecule has 1 aromatic rings. The van der Waals surface area contributed by atoms with Crippen LogP contribution < -0.4 is 5.69 Å². The molecule has 5 nitrogen and oxygen atoms in total. The minimum atomic E-state index is -0.894. The second kappa shape index (κ2) is 4.31. The van der Waals surface area contributed by atoms with Gasteiger partial charge in [-0.25, -0.2) is 4.79 Å². The summed E-state index contributed by atoms with van der Waals surface area (Å²) in [7, 11) is 0. The first-order chi connectivity index (χ1) is 7.99. The van der Waals surface area contributed by atoms with Gasteiger partial charge >= 0.3 is 11.7 Å². The zero-order valence-corrected chi connectivity index (χ0v) is 10.1. The molecule has 2 rings (SSSR count). The number of aliphatic carboxylic acids is 1. The van der Waals surface area contributed by atoms with Crippen molar-refractivity contribution in [2.75, 3.05) is 0 Å². The Hall–Kier alpha value is -1.65. The summed E-state index contributed by atoms with van der Waals surface area (Å²) in [5.41, 5.74) is 1.68. The van der Waals surface area contributed by atoms with Crippen LogP contribution in [0.4, 0.5) is 0 Å². The number of carbonyl (C=O) groups is 1. The van der Waals surface area contributed by atoms with Crippen LogP contribution in [0.5, 0.6) is 0 Å². The van der Waals surface area contributed by atoms with Gasteiger partial charge in [0.25, 0.3) is 0 Å². The minimum Gasteiger partial charge on any atom is -0.481 e. The van der Waals surface area contributed by atoms with Gasteiger partial charge in [-0.15, -0.1) is 0 Å². The number of carboxylic acids is 1. The van der Waals surface area contributed by atoms with E-state index in [0.717, 1.165) is 18.5 Å². The number of aryl methyl sites for hydroxylation is 1. The highest BCUT2D eigenvalue weighted by atomic mass is 16.4. The largest absolute Gasteiger partial charge is 0.481 e. The van der Waals surface area contributed by atoms with E-state index < -0.39 is 5.97 Å². The van der Waals surface area contributed by atoms with Crippen LogP contribution in [0.25, 0.3) is 0 Å². The SMILES string of the molecule is Cc1nc(=O)n(CC2CC2)c(C)c1CC(=O)O. The van der Waals surface area contributed by atoms with Crippen molar-refractivity contribution >= 4 is 5.97 Å². The lowest BCUT2D eigenvalue weighted by atomic mass is 10.1. The molecule has 1 aliphatic rings. The Morgan fingerprint density at radius 2 is 2.12 bits per heavy atom. The summed E-state index contributed by atoms with van der Waals surface area (Å²) in [6.45, 7) is 4.16. The minimum absolute atomic E-state index is 0.0738. The van der Waals surface area contributed by atoms with E-state index in [1.807, 2.05) is 0 Å². The lowest BCUT2D eigenvalue weighted by Gasteiger charge is -2.13. The van der Waals surface area contributed by atoms with Crippen molar-refractivity contribution in [3.8, 4) is 0 Å². The molecule has 1 N–H and O–H groups in total. The topological polar surface area (TPSA) is 72.2 Å². The van der Waals surface area contributed by atoms with Gasteiger partial charge in [0.05, 0.1) is 6.42 Å². The molecule has 1 fully saturated rings. The second-order valence-corrected chi connectivity index (χ2v) is 4.67. The van der Waals surface area contributed by atoms with Crippen molar-refractivity contribution in [1.82, 2.24) is 9.55 Å². The fourth-order valence-electron chi connectivity index (χ4n) is 2.02. The molecule has 0 unspecified atom stereocenters. The van der Waals surface area contributed by atoms with Crippen LogP contribution in [-0.2, 0) is 17.8 Å². The van der Waals surface area contributed by atoms with E-state index in [1.165, 1.54) is 0 Å². The highest BCUT2D eigenvalue weighted by Crippen LogP contribution is 2.30. The molecular formula is C12H16N2O3. The van der Waals surface area contributed by atoms with E-state index in [-0.39, 0.29) is 12.1 Å². The van der Waals surface area contributed by atoms with Crippen molar-refractivity contribution in [2.45, 2.75) is 39.7 Å². The molecule has 0 atom stereocenters. The summed E-state index contributed by atoms with van der Waals surface area (Å²) in [5.74, 6) is -0.330. The van der Waals surface area contributed by atoms with Gasteiger partial charge in [0.1, 0.15) is 0 Å². The van der Waals surface area contributed by atoms with E-state index in [0.29, 0.717) is 23.7 Å². The van der Waals surface area contributed by atoms with Crippen LogP contribution in [-0.4, -0.2) is 20.6 Å². The van der Waals surface area contributed by atoms with Crippen molar-refractivity contribution in [1.29, 1.82) is 0 Å². The summed E-state index contributed by atoms with van der Waals surface area (Å²) in [6.07, 6.45) is 2.22. The predicted octanol–water partition coefficient (Wildman–Crippen LogP) is 0.897. The number of carboxylic acid groups (broad SMARTS) is 1. The Kier molecular flexibility index (Phi) is 3.00. The first kappa shape index (κ1) is 11.8. The third-order valence-corrected chi connectivity index (χ3v) is 3.24. The third-order valence-electron chi connectivity index (χ3n) is 3.24. The Labute approximate surface area is 99.1 Å². The molecule has 17 heavy (non-hydrogen) atoms. The molecule has 5 heteroatoms. The maximum Gasteiger partial charge on any atom is 0.347 e. The molecule has 1 heterocycles. The molecule has 0 radical (unpaired) electrons. The lowest BCUT2D eigenvalue weighted by molar-refractivity contribution is -0.136. The van der Waals surface area contributed by atoms with Gasteiger partial charge in [0.2, 0.25) is 0 Å². The van der Waals surface area contributed by atoms with Gasteiger partial charge in [0.15, 0.2) is 0 Å². The molecule has 1 aliphatic carbocycles. The molecule has 0 spiro atoms. The zero-order valence-electron chi connectivity index (χ0n) is 10.1. The average Bonchev–Trinajstić information content (AvgIpc) is 3.02. The van der Waals surface area contributed by atoms with Gasteiger partial charge in [-0.2, -0.15) is 4.98 Å². The number of rotatable bonds is 4. The monoisotopic (exact) mass is 236 g/mol. The number of hydrogen-bond donors (Lipinski definition) is 1. The van der Waals surface area contributed by atoms with Crippen molar-refractivity contribution in [3.63, 3.8) is 0 Å². The molecule has 1 saturated carbocycles. The van der Waals surface area contributed by atoms with Gasteiger partial charge in [0, 0.05) is 23.5 Å². The summed E-state index contributed by atoms with van der Waals surface area (Å²) in [4.78, 5) is 26.5. The van der Waals surface area contributed by atoms with Crippen molar-refractivity contribution in [2.24, 2.45) is 5.92 Å². The fraction of sp³-hybridized carbons (Fsp3) is 0.583. The summed E-state index contributed by atoms with van der Waals surface area (Å²) in [6, 6.07) is 0.